The molecule has 33 heavy (non-hydrogen) atoms. The number of aliphatic carboxylic acids is 1. The molecule has 0 aliphatic carbocycles. The summed E-state index contributed by atoms with van der Waals surface area (Å²) in [7, 11) is 0. The van der Waals surface area contributed by atoms with Crippen LogP contribution in [0.4, 0.5) is 0 Å². The number of carboxylic acids is 1. The highest BCUT2D eigenvalue weighted by Crippen LogP contribution is 2.23. The van der Waals surface area contributed by atoms with Gasteiger partial charge in [0.25, 0.3) is 5.91 Å². The molecule has 3 aromatic rings. The molecule has 3 rings (SSSR count). The third-order valence-corrected chi connectivity index (χ3v) is 5.26. The Hall–Kier alpha value is -4.19. The molecule has 1 atom stereocenters. The number of hydrogen-bond donors (Lipinski definition) is 3. The maximum Gasteiger partial charge on any atom is 0.326 e. The summed E-state index contributed by atoms with van der Waals surface area (Å²) >= 11 is 0. The number of carbonyl (C=O) groups excluding carboxylic acids is 2. The number of hydrogen-bond acceptors (Lipinski definition) is 4. The molecule has 0 heterocycles. The first-order valence-electron chi connectivity index (χ1n) is 10.4. The fraction of sp³-hybridized carbons (Fsp3) is 0.148. The summed E-state index contributed by atoms with van der Waals surface area (Å²) in [4.78, 5) is 36.6. The Morgan fingerprint density at radius 2 is 1.48 bits per heavy atom. The predicted octanol–water partition coefficient (Wildman–Crippen LogP) is 4.33. The zero-order valence-corrected chi connectivity index (χ0v) is 18.4. The Kier molecular flexibility index (Phi) is 7.41. The molecule has 168 valence electrons. The molecule has 0 unspecified atom stereocenters. The Balaban J connectivity index is 1.66. The maximum absolute atomic E-state index is 12.5. The third-order valence-electron chi connectivity index (χ3n) is 5.26. The van der Waals surface area contributed by atoms with Crippen molar-refractivity contribution in [2.75, 3.05) is 0 Å². The van der Waals surface area contributed by atoms with E-state index in [1.807, 2.05) is 18.2 Å². The quantitative estimate of drug-likeness (QED) is 0.355. The van der Waals surface area contributed by atoms with Crippen LogP contribution in [0.15, 0.2) is 72.8 Å². The van der Waals surface area contributed by atoms with Crippen LogP contribution in [0.2, 0.25) is 0 Å². The van der Waals surface area contributed by atoms with Crippen molar-refractivity contribution in [3.8, 4) is 5.75 Å². The summed E-state index contributed by atoms with van der Waals surface area (Å²) in [5.74, 6) is -1.65. The number of rotatable bonds is 8. The smallest absolute Gasteiger partial charge is 0.326 e. The molecule has 6 nitrogen and oxygen atoms in total. The molecule has 0 aromatic heterocycles. The van der Waals surface area contributed by atoms with Gasteiger partial charge in [0.15, 0.2) is 5.78 Å². The van der Waals surface area contributed by atoms with Gasteiger partial charge in [0, 0.05) is 17.5 Å². The molecule has 0 saturated heterocycles. The van der Waals surface area contributed by atoms with E-state index >= 15 is 0 Å². The minimum atomic E-state index is -1.12. The van der Waals surface area contributed by atoms with Crippen LogP contribution in [0.25, 0.3) is 6.08 Å². The van der Waals surface area contributed by atoms with E-state index in [0.29, 0.717) is 5.56 Å². The molecule has 3 N–H and O–H groups in total. The summed E-state index contributed by atoms with van der Waals surface area (Å²) in [5.41, 5.74) is 3.71. The molecule has 3 aromatic carbocycles. The van der Waals surface area contributed by atoms with E-state index in [1.54, 1.807) is 44.2 Å². The summed E-state index contributed by atoms with van der Waals surface area (Å²) in [6, 6.07) is 17.6. The van der Waals surface area contributed by atoms with Gasteiger partial charge in [-0.1, -0.05) is 48.5 Å². The van der Waals surface area contributed by atoms with Crippen LogP contribution in [0.3, 0.4) is 0 Å². The molecule has 0 saturated carbocycles. The summed E-state index contributed by atoms with van der Waals surface area (Å²) in [6.45, 7) is 3.58. The lowest BCUT2D eigenvalue weighted by molar-refractivity contribution is -0.139. The third kappa shape index (κ3) is 6.17. The number of benzene rings is 3. The second-order valence-electron chi connectivity index (χ2n) is 7.83. The number of amides is 1. The van der Waals surface area contributed by atoms with Crippen molar-refractivity contribution in [2.45, 2.75) is 26.3 Å². The van der Waals surface area contributed by atoms with Crippen molar-refractivity contribution >= 4 is 23.7 Å². The predicted molar refractivity (Wildman–Crippen MR) is 126 cm³/mol. The van der Waals surface area contributed by atoms with E-state index in [2.05, 4.69) is 5.32 Å². The molecule has 1 amide bonds. The highest BCUT2D eigenvalue weighted by molar-refractivity contribution is 6.07. The molecule has 0 bridgehead atoms. The lowest BCUT2D eigenvalue weighted by atomic mass is 10.0. The lowest BCUT2D eigenvalue weighted by Gasteiger charge is -2.15. The van der Waals surface area contributed by atoms with Crippen LogP contribution < -0.4 is 5.32 Å². The minimum Gasteiger partial charge on any atom is -0.507 e. The highest BCUT2D eigenvalue weighted by Gasteiger charge is 2.21. The Bertz CT molecular complexity index is 1170. The van der Waals surface area contributed by atoms with E-state index < -0.39 is 17.9 Å². The van der Waals surface area contributed by atoms with Crippen LogP contribution in [-0.4, -0.2) is 33.9 Å². The number of nitrogens with one attached hydrogen (secondary N) is 1. The normalized spacial score (nSPS) is 11.8. The van der Waals surface area contributed by atoms with Gasteiger partial charge in [-0.05, 0) is 66.4 Å². The van der Waals surface area contributed by atoms with E-state index in [4.69, 9.17) is 0 Å². The first kappa shape index (κ1) is 23.5. The number of aryl methyl sites for hydroxylation is 2. The molecular formula is C27H25NO5. The fourth-order valence-electron chi connectivity index (χ4n) is 3.43. The van der Waals surface area contributed by atoms with Crippen molar-refractivity contribution in [1.82, 2.24) is 5.32 Å². The van der Waals surface area contributed by atoms with E-state index in [9.17, 15) is 24.6 Å². The van der Waals surface area contributed by atoms with Gasteiger partial charge in [-0.2, -0.15) is 0 Å². The van der Waals surface area contributed by atoms with Crippen LogP contribution in [-0.2, 0) is 11.2 Å². The zero-order valence-electron chi connectivity index (χ0n) is 18.4. The minimum absolute atomic E-state index is 0.166. The van der Waals surface area contributed by atoms with Gasteiger partial charge >= 0.3 is 5.97 Å². The van der Waals surface area contributed by atoms with Crippen molar-refractivity contribution in [3.63, 3.8) is 0 Å². The summed E-state index contributed by atoms with van der Waals surface area (Å²) < 4.78 is 0. The fourth-order valence-corrected chi connectivity index (χ4v) is 3.43. The second-order valence-corrected chi connectivity index (χ2v) is 7.83. The standard InChI is InChI=1S/C27H25NO5/c1-17-14-20(15-18(2)25(17)30)8-13-24(29)21-9-11-22(12-10-21)26(31)28-23(27(32)33)16-19-6-4-3-5-7-19/h3-15,23,30H,16H2,1-2H3,(H,28,31)(H,32,33)/b13-8+/t23-/m0/s1. The Morgan fingerprint density at radius 3 is 2.06 bits per heavy atom. The number of allylic oxidation sites excluding steroid dienone is 1. The van der Waals surface area contributed by atoms with Crippen LogP contribution >= 0.6 is 0 Å². The molecule has 0 fully saturated rings. The van der Waals surface area contributed by atoms with Gasteiger partial charge in [0.05, 0.1) is 0 Å². The van der Waals surface area contributed by atoms with Gasteiger partial charge < -0.3 is 15.5 Å². The zero-order chi connectivity index (χ0) is 24.0. The van der Waals surface area contributed by atoms with Crippen LogP contribution in [0.5, 0.6) is 5.75 Å². The summed E-state index contributed by atoms with van der Waals surface area (Å²) in [6.07, 6.45) is 3.27. The first-order valence-corrected chi connectivity index (χ1v) is 10.4. The van der Waals surface area contributed by atoms with Gasteiger partial charge in [0.2, 0.25) is 0 Å². The van der Waals surface area contributed by atoms with Crippen molar-refractivity contribution in [3.05, 3.63) is 106 Å². The number of phenols is 1. The Labute approximate surface area is 192 Å². The second kappa shape index (κ2) is 10.4. The first-order chi connectivity index (χ1) is 15.7. The van der Waals surface area contributed by atoms with E-state index in [1.165, 1.54) is 30.3 Å². The van der Waals surface area contributed by atoms with Crippen LogP contribution in [0, 0.1) is 13.8 Å². The van der Waals surface area contributed by atoms with Crippen molar-refractivity contribution in [2.24, 2.45) is 0 Å². The van der Waals surface area contributed by atoms with Crippen molar-refractivity contribution < 1.29 is 24.6 Å². The average molecular weight is 443 g/mol. The van der Waals surface area contributed by atoms with E-state index in [-0.39, 0.29) is 23.5 Å². The molecule has 0 radical (unpaired) electrons. The largest absolute Gasteiger partial charge is 0.507 e. The molecule has 0 spiro atoms. The number of ketones is 1. The topological polar surface area (TPSA) is 104 Å². The number of phenolic OH excluding ortho intramolecular Hbond substituents is 1. The SMILES string of the molecule is Cc1cc(/C=C/C(=O)c2ccc(C(=O)N[C@@H](Cc3ccccc3)C(=O)O)cc2)cc(C)c1O. The number of aromatic hydroxyl groups is 1. The molecule has 6 heteroatoms. The maximum atomic E-state index is 12.5. The number of carboxylic acid groups (broad SMARTS) is 1. The molecular weight excluding hydrogens is 418 g/mol. The van der Waals surface area contributed by atoms with E-state index in [0.717, 1.165) is 22.3 Å². The van der Waals surface area contributed by atoms with Gasteiger partial charge in [-0.25, -0.2) is 4.79 Å². The average Bonchev–Trinajstić information content (AvgIpc) is 2.81. The van der Waals surface area contributed by atoms with Gasteiger partial charge in [-0.3, -0.25) is 9.59 Å². The molecule has 0 aliphatic rings. The summed E-state index contributed by atoms with van der Waals surface area (Å²) in [5, 5.41) is 21.9. The van der Waals surface area contributed by atoms with Gasteiger partial charge in [-0.15, -0.1) is 0 Å². The lowest BCUT2D eigenvalue weighted by Crippen LogP contribution is -2.42. The van der Waals surface area contributed by atoms with Crippen LogP contribution in [0.1, 0.15) is 43.0 Å². The van der Waals surface area contributed by atoms with Gasteiger partial charge in [0.1, 0.15) is 11.8 Å². The highest BCUT2D eigenvalue weighted by atomic mass is 16.4. The number of carbonyl (C=O) groups is 3. The molecule has 0 aliphatic heterocycles. The van der Waals surface area contributed by atoms with Crippen molar-refractivity contribution in [1.29, 1.82) is 0 Å². The Morgan fingerprint density at radius 1 is 0.909 bits per heavy atom. The monoisotopic (exact) mass is 443 g/mol.